The molecule has 0 aliphatic heterocycles. The molecule has 0 radical (unpaired) electrons. The lowest BCUT2D eigenvalue weighted by atomic mass is 9.93. The maximum absolute atomic E-state index is 9.97. The van der Waals surface area contributed by atoms with Crippen LogP contribution >= 0.6 is 11.6 Å². The first-order valence-corrected chi connectivity index (χ1v) is 4.81. The van der Waals surface area contributed by atoms with Gasteiger partial charge in [0, 0.05) is 5.56 Å². The van der Waals surface area contributed by atoms with Crippen LogP contribution in [0.2, 0.25) is 5.02 Å². The quantitative estimate of drug-likeness (QED) is 0.821. The molecule has 0 fully saturated rings. The summed E-state index contributed by atoms with van der Waals surface area (Å²) in [6, 6.07) is 3.64. The van der Waals surface area contributed by atoms with E-state index < -0.39 is 5.60 Å². The van der Waals surface area contributed by atoms with Crippen molar-refractivity contribution in [1.82, 2.24) is 0 Å². The van der Waals surface area contributed by atoms with Crippen molar-refractivity contribution in [1.29, 1.82) is 0 Å². The molecular weight excluding hydrogens is 200 g/mol. The molecule has 1 aromatic carbocycles. The van der Waals surface area contributed by atoms with E-state index in [0.29, 0.717) is 10.8 Å². The Bertz CT molecular complexity index is 340. The SMILES string of the molecule is COc1c(Cl)ccc(C)c1C(C)(C)O. The molecule has 1 rings (SSSR count). The van der Waals surface area contributed by atoms with Gasteiger partial charge in [-0.15, -0.1) is 0 Å². The van der Waals surface area contributed by atoms with Crippen LogP contribution in [0.3, 0.4) is 0 Å². The molecule has 0 unspecified atom stereocenters. The fourth-order valence-corrected chi connectivity index (χ4v) is 1.85. The fraction of sp³-hybridized carbons (Fsp3) is 0.455. The standard InChI is InChI=1S/C11H15ClO2/c1-7-5-6-8(12)10(14-4)9(7)11(2,3)13/h5-6,13H,1-4H3. The van der Waals surface area contributed by atoms with Crippen molar-refractivity contribution in [3.05, 3.63) is 28.3 Å². The third kappa shape index (κ3) is 2.02. The monoisotopic (exact) mass is 214 g/mol. The molecular formula is C11H15ClO2. The van der Waals surface area contributed by atoms with E-state index in [2.05, 4.69) is 0 Å². The number of benzene rings is 1. The van der Waals surface area contributed by atoms with Gasteiger partial charge in [0.05, 0.1) is 17.7 Å². The number of ether oxygens (including phenoxy) is 1. The highest BCUT2D eigenvalue weighted by Gasteiger charge is 2.24. The number of aliphatic hydroxyl groups is 1. The van der Waals surface area contributed by atoms with Crippen LogP contribution in [-0.2, 0) is 5.60 Å². The van der Waals surface area contributed by atoms with Gasteiger partial charge in [0.1, 0.15) is 5.75 Å². The van der Waals surface area contributed by atoms with E-state index in [9.17, 15) is 5.11 Å². The molecule has 78 valence electrons. The Morgan fingerprint density at radius 2 is 1.93 bits per heavy atom. The highest BCUT2D eigenvalue weighted by Crippen LogP contribution is 2.37. The molecule has 0 aromatic heterocycles. The molecule has 0 heterocycles. The number of methoxy groups -OCH3 is 1. The zero-order valence-corrected chi connectivity index (χ0v) is 9.64. The number of aryl methyl sites for hydroxylation is 1. The molecule has 0 amide bonds. The van der Waals surface area contributed by atoms with E-state index in [0.717, 1.165) is 11.1 Å². The third-order valence-corrected chi connectivity index (χ3v) is 2.43. The van der Waals surface area contributed by atoms with Gasteiger partial charge >= 0.3 is 0 Å². The van der Waals surface area contributed by atoms with Gasteiger partial charge in [-0.2, -0.15) is 0 Å². The van der Waals surface area contributed by atoms with Crippen molar-refractivity contribution in [2.45, 2.75) is 26.4 Å². The van der Waals surface area contributed by atoms with E-state index in [-0.39, 0.29) is 0 Å². The molecule has 0 aliphatic carbocycles. The fourth-order valence-electron chi connectivity index (χ4n) is 1.62. The first kappa shape index (κ1) is 11.3. The highest BCUT2D eigenvalue weighted by atomic mass is 35.5. The van der Waals surface area contributed by atoms with Crippen molar-refractivity contribution < 1.29 is 9.84 Å². The van der Waals surface area contributed by atoms with Crippen molar-refractivity contribution in [2.24, 2.45) is 0 Å². The van der Waals surface area contributed by atoms with Gasteiger partial charge in [0.2, 0.25) is 0 Å². The molecule has 0 spiro atoms. The lowest BCUT2D eigenvalue weighted by Crippen LogP contribution is -2.18. The minimum Gasteiger partial charge on any atom is -0.495 e. The summed E-state index contributed by atoms with van der Waals surface area (Å²) >= 11 is 5.97. The van der Waals surface area contributed by atoms with Crippen molar-refractivity contribution in [3.8, 4) is 5.75 Å². The lowest BCUT2D eigenvalue weighted by Gasteiger charge is -2.23. The average molecular weight is 215 g/mol. The third-order valence-electron chi connectivity index (χ3n) is 2.13. The minimum absolute atomic E-state index is 0.523. The predicted molar refractivity (Wildman–Crippen MR) is 58.0 cm³/mol. The van der Waals surface area contributed by atoms with Gasteiger partial charge in [-0.25, -0.2) is 0 Å². The predicted octanol–water partition coefficient (Wildman–Crippen LogP) is 2.88. The summed E-state index contributed by atoms with van der Waals surface area (Å²) < 4.78 is 5.19. The van der Waals surface area contributed by atoms with Crippen LogP contribution in [0.25, 0.3) is 0 Å². The Balaban J connectivity index is 3.46. The first-order valence-electron chi connectivity index (χ1n) is 4.44. The van der Waals surface area contributed by atoms with Crippen LogP contribution in [0.4, 0.5) is 0 Å². The molecule has 14 heavy (non-hydrogen) atoms. The van der Waals surface area contributed by atoms with Gasteiger partial charge < -0.3 is 9.84 Å². The van der Waals surface area contributed by atoms with Crippen LogP contribution in [0, 0.1) is 6.92 Å². The normalized spacial score (nSPS) is 11.6. The smallest absolute Gasteiger partial charge is 0.143 e. The van der Waals surface area contributed by atoms with Gasteiger partial charge in [0.25, 0.3) is 0 Å². The van der Waals surface area contributed by atoms with E-state index in [1.165, 1.54) is 0 Å². The van der Waals surface area contributed by atoms with Crippen LogP contribution in [0.15, 0.2) is 12.1 Å². The molecule has 0 atom stereocenters. The van der Waals surface area contributed by atoms with Gasteiger partial charge in [-0.1, -0.05) is 17.7 Å². The molecule has 0 aliphatic rings. The molecule has 1 aromatic rings. The first-order chi connectivity index (χ1) is 6.38. The second-order valence-corrected chi connectivity index (χ2v) is 4.24. The summed E-state index contributed by atoms with van der Waals surface area (Å²) in [5.74, 6) is 0.555. The minimum atomic E-state index is -0.944. The van der Waals surface area contributed by atoms with Crippen LogP contribution in [0.5, 0.6) is 5.75 Å². The molecule has 3 heteroatoms. The average Bonchev–Trinajstić information content (AvgIpc) is 2.06. The summed E-state index contributed by atoms with van der Waals surface area (Å²) in [5, 5.41) is 10.5. The maximum Gasteiger partial charge on any atom is 0.143 e. The van der Waals surface area contributed by atoms with Crippen molar-refractivity contribution >= 4 is 11.6 Å². The van der Waals surface area contributed by atoms with E-state index >= 15 is 0 Å². The van der Waals surface area contributed by atoms with Gasteiger partial charge in [-0.05, 0) is 32.4 Å². The number of hydrogen-bond donors (Lipinski definition) is 1. The summed E-state index contributed by atoms with van der Waals surface area (Å²) in [6.45, 7) is 5.36. The van der Waals surface area contributed by atoms with Crippen molar-refractivity contribution in [3.63, 3.8) is 0 Å². The highest BCUT2D eigenvalue weighted by molar-refractivity contribution is 6.32. The Labute approximate surface area is 89.5 Å². The summed E-state index contributed by atoms with van der Waals surface area (Å²) in [6.07, 6.45) is 0. The van der Waals surface area contributed by atoms with Crippen LogP contribution < -0.4 is 4.74 Å². The summed E-state index contributed by atoms with van der Waals surface area (Å²) in [7, 11) is 1.55. The largest absolute Gasteiger partial charge is 0.495 e. The Hall–Kier alpha value is -0.730. The van der Waals surface area contributed by atoms with E-state index in [4.69, 9.17) is 16.3 Å². The van der Waals surface area contributed by atoms with Crippen molar-refractivity contribution in [2.75, 3.05) is 7.11 Å². The summed E-state index contributed by atoms with van der Waals surface area (Å²) in [5.41, 5.74) is 0.770. The Morgan fingerprint density at radius 3 is 2.29 bits per heavy atom. The van der Waals surface area contributed by atoms with Crippen LogP contribution in [-0.4, -0.2) is 12.2 Å². The number of rotatable bonds is 2. The van der Waals surface area contributed by atoms with E-state index in [1.807, 2.05) is 13.0 Å². The molecule has 0 bridgehead atoms. The Morgan fingerprint density at radius 1 is 1.36 bits per heavy atom. The topological polar surface area (TPSA) is 29.5 Å². The van der Waals surface area contributed by atoms with Crippen LogP contribution in [0.1, 0.15) is 25.0 Å². The second-order valence-electron chi connectivity index (χ2n) is 3.83. The molecule has 0 saturated carbocycles. The van der Waals surface area contributed by atoms with E-state index in [1.54, 1.807) is 27.0 Å². The zero-order valence-electron chi connectivity index (χ0n) is 8.89. The Kier molecular flexibility index (Phi) is 3.07. The van der Waals surface area contributed by atoms with Gasteiger partial charge in [-0.3, -0.25) is 0 Å². The number of hydrogen-bond acceptors (Lipinski definition) is 2. The molecule has 0 saturated heterocycles. The lowest BCUT2D eigenvalue weighted by molar-refractivity contribution is 0.0749. The molecule has 2 nitrogen and oxygen atoms in total. The second kappa shape index (κ2) is 3.79. The maximum atomic E-state index is 9.97. The zero-order chi connectivity index (χ0) is 10.9. The van der Waals surface area contributed by atoms with Gasteiger partial charge in [0.15, 0.2) is 0 Å². The number of halogens is 1. The molecule has 1 N–H and O–H groups in total. The summed E-state index contributed by atoms with van der Waals surface area (Å²) in [4.78, 5) is 0.